The fourth-order valence-electron chi connectivity index (χ4n) is 4.21. The number of methoxy groups -OCH3 is 1. The third-order valence-corrected chi connectivity index (χ3v) is 8.87. The zero-order chi connectivity index (χ0) is 27.3. The van der Waals surface area contributed by atoms with Crippen molar-refractivity contribution in [3.8, 4) is 5.75 Å². The molecule has 0 aromatic heterocycles. The van der Waals surface area contributed by atoms with E-state index in [9.17, 15) is 13.2 Å². The summed E-state index contributed by atoms with van der Waals surface area (Å²) < 4.78 is 34.1. The van der Waals surface area contributed by atoms with Gasteiger partial charge in [-0.25, -0.2) is 8.42 Å². The van der Waals surface area contributed by atoms with Crippen LogP contribution in [-0.2, 0) is 14.8 Å². The average molecular weight is 541 g/mol. The lowest BCUT2D eigenvalue weighted by Gasteiger charge is -2.26. The molecule has 0 fully saturated rings. The lowest BCUT2D eigenvalue weighted by Crippen LogP contribution is -2.41. The van der Waals surface area contributed by atoms with Gasteiger partial charge in [-0.3, -0.25) is 9.10 Å². The second-order valence-corrected chi connectivity index (χ2v) is 12.2. The van der Waals surface area contributed by atoms with E-state index in [-0.39, 0.29) is 23.4 Å². The number of aryl methyl sites for hydroxylation is 2. The molecule has 0 saturated heterocycles. The lowest BCUT2D eigenvalue weighted by molar-refractivity contribution is -0.120. The van der Waals surface area contributed by atoms with Gasteiger partial charge in [0.2, 0.25) is 5.91 Å². The number of carbonyl (C=O) groups is 1. The number of thioether (sulfide) groups is 1. The molecule has 0 saturated carbocycles. The summed E-state index contributed by atoms with van der Waals surface area (Å²) in [5, 5.41) is 3.00. The molecule has 0 spiro atoms. The van der Waals surface area contributed by atoms with Crippen molar-refractivity contribution in [2.45, 2.75) is 56.4 Å². The lowest BCUT2D eigenvalue weighted by atomic mass is 9.93. The number of carbonyl (C=O) groups excluding carboxylic acids is 1. The monoisotopic (exact) mass is 540 g/mol. The number of benzene rings is 3. The van der Waals surface area contributed by atoms with Gasteiger partial charge < -0.3 is 10.1 Å². The molecule has 1 N–H and O–H groups in total. The Bertz CT molecular complexity index is 1340. The van der Waals surface area contributed by atoms with Crippen LogP contribution in [-0.4, -0.2) is 34.2 Å². The SMILES string of the molecule is COc1cc(C)c([C@H](C)NC(=O)CN(c2ccc(C)cc2)S(=O)(=O)c2ccc(SC)cc2)cc1C(C)C. The van der Waals surface area contributed by atoms with Crippen molar-refractivity contribution in [1.82, 2.24) is 5.32 Å². The molecule has 0 bridgehead atoms. The summed E-state index contributed by atoms with van der Waals surface area (Å²) in [6.07, 6.45) is 1.93. The Morgan fingerprint density at radius 1 is 0.973 bits per heavy atom. The van der Waals surface area contributed by atoms with Crippen LogP contribution in [0.3, 0.4) is 0 Å². The van der Waals surface area contributed by atoms with Crippen molar-refractivity contribution < 1.29 is 17.9 Å². The van der Waals surface area contributed by atoms with Crippen molar-refractivity contribution >= 4 is 33.4 Å². The highest BCUT2D eigenvalue weighted by molar-refractivity contribution is 7.98. The first-order chi connectivity index (χ1) is 17.5. The molecule has 3 rings (SSSR count). The average Bonchev–Trinajstić information content (AvgIpc) is 2.87. The molecule has 198 valence electrons. The van der Waals surface area contributed by atoms with Crippen LogP contribution in [0.15, 0.2) is 70.5 Å². The molecule has 0 heterocycles. The number of sulfonamides is 1. The van der Waals surface area contributed by atoms with E-state index in [2.05, 4.69) is 25.2 Å². The number of rotatable bonds is 10. The van der Waals surface area contributed by atoms with E-state index in [0.29, 0.717) is 5.69 Å². The number of nitrogens with zero attached hydrogens (tertiary/aromatic N) is 1. The maximum atomic E-state index is 13.7. The van der Waals surface area contributed by atoms with Crippen LogP contribution in [0.4, 0.5) is 5.69 Å². The van der Waals surface area contributed by atoms with Crippen molar-refractivity contribution in [2.75, 3.05) is 24.2 Å². The number of hydrogen-bond donors (Lipinski definition) is 1. The van der Waals surface area contributed by atoms with Gasteiger partial charge in [0.25, 0.3) is 10.0 Å². The number of nitrogens with one attached hydrogen (secondary N) is 1. The summed E-state index contributed by atoms with van der Waals surface area (Å²) in [6.45, 7) is 9.66. The summed E-state index contributed by atoms with van der Waals surface area (Å²) in [5.74, 6) is 0.675. The fraction of sp³-hybridized carbons (Fsp3) is 0.345. The maximum Gasteiger partial charge on any atom is 0.264 e. The molecule has 1 atom stereocenters. The Kier molecular flexibility index (Phi) is 9.31. The number of ether oxygens (including phenoxy) is 1. The van der Waals surface area contributed by atoms with Crippen molar-refractivity contribution in [1.29, 1.82) is 0 Å². The predicted octanol–water partition coefficient (Wildman–Crippen LogP) is 6.23. The first-order valence-corrected chi connectivity index (χ1v) is 14.9. The molecule has 0 unspecified atom stereocenters. The second-order valence-electron chi connectivity index (χ2n) is 9.42. The Labute approximate surface area is 225 Å². The summed E-state index contributed by atoms with van der Waals surface area (Å²) in [4.78, 5) is 14.4. The highest BCUT2D eigenvalue weighted by Crippen LogP contribution is 2.32. The second kappa shape index (κ2) is 12.0. The first-order valence-electron chi connectivity index (χ1n) is 12.2. The normalized spacial score (nSPS) is 12.3. The molecule has 0 aliphatic rings. The Hall–Kier alpha value is -2.97. The van der Waals surface area contributed by atoms with Crippen LogP contribution in [0.25, 0.3) is 0 Å². The molecule has 0 radical (unpaired) electrons. The molecule has 3 aromatic carbocycles. The number of hydrogen-bond acceptors (Lipinski definition) is 5. The number of anilines is 1. The smallest absolute Gasteiger partial charge is 0.264 e. The number of amides is 1. The third-order valence-electron chi connectivity index (χ3n) is 6.34. The Morgan fingerprint density at radius 2 is 1.59 bits per heavy atom. The van der Waals surface area contributed by atoms with Crippen LogP contribution in [0.1, 0.15) is 55.0 Å². The van der Waals surface area contributed by atoms with E-state index >= 15 is 0 Å². The minimum absolute atomic E-state index is 0.138. The van der Waals surface area contributed by atoms with E-state index in [4.69, 9.17) is 4.74 Å². The van der Waals surface area contributed by atoms with Crippen LogP contribution >= 0.6 is 11.8 Å². The first kappa shape index (κ1) is 28.6. The molecule has 1 amide bonds. The van der Waals surface area contributed by atoms with E-state index in [1.165, 1.54) is 16.1 Å². The molecule has 3 aromatic rings. The predicted molar refractivity (Wildman–Crippen MR) is 152 cm³/mol. The van der Waals surface area contributed by atoms with E-state index < -0.39 is 15.9 Å². The molecule has 8 heteroatoms. The van der Waals surface area contributed by atoms with Gasteiger partial charge in [0.05, 0.1) is 23.7 Å². The molecule has 6 nitrogen and oxygen atoms in total. The maximum absolute atomic E-state index is 13.7. The largest absolute Gasteiger partial charge is 0.496 e. The van der Waals surface area contributed by atoms with E-state index in [0.717, 1.165) is 32.9 Å². The Balaban J connectivity index is 1.91. The van der Waals surface area contributed by atoms with Crippen molar-refractivity contribution in [2.24, 2.45) is 0 Å². The van der Waals surface area contributed by atoms with Crippen LogP contribution in [0, 0.1) is 13.8 Å². The van der Waals surface area contributed by atoms with E-state index in [1.54, 1.807) is 43.5 Å². The van der Waals surface area contributed by atoms with E-state index in [1.807, 2.05) is 45.2 Å². The topological polar surface area (TPSA) is 75.7 Å². The standard InChI is InChI=1S/C29H36N2O4S2/c1-19(2)26-17-27(21(4)16-28(26)35-6)22(5)30-29(32)18-31(23-10-8-20(3)9-11-23)37(33,34)25-14-12-24(36-7)13-15-25/h8-17,19,22H,18H2,1-7H3,(H,30,32)/t22-/m0/s1. The highest BCUT2D eigenvalue weighted by atomic mass is 32.2. The zero-order valence-corrected chi connectivity index (χ0v) is 24.2. The minimum Gasteiger partial charge on any atom is -0.496 e. The summed E-state index contributed by atoms with van der Waals surface area (Å²) in [5.41, 5.74) is 4.45. The minimum atomic E-state index is -3.98. The third kappa shape index (κ3) is 6.67. The highest BCUT2D eigenvalue weighted by Gasteiger charge is 2.28. The quantitative estimate of drug-likeness (QED) is 0.309. The van der Waals surface area contributed by atoms with Gasteiger partial charge in [-0.15, -0.1) is 11.8 Å². The van der Waals surface area contributed by atoms with Crippen molar-refractivity contribution in [3.05, 3.63) is 82.9 Å². The van der Waals surface area contributed by atoms with Gasteiger partial charge in [-0.1, -0.05) is 31.5 Å². The molecular weight excluding hydrogens is 504 g/mol. The van der Waals surface area contributed by atoms with Crippen LogP contribution < -0.4 is 14.4 Å². The van der Waals surface area contributed by atoms with Crippen LogP contribution in [0.2, 0.25) is 0 Å². The van der Waals surface area contributed by atoms with Crippen LogP contribution in [0.5, 0.6) is 5.75 Å². The molecular formula is C29H36N2O4S2. The van der Waals surface area contributed by atoms with Gasteiger partial charge in [0, 0.05) is 4.90 Å². The van der Waals surface area contributed by atoms with Crippen molar-refractivity contribution in [3.63, 3.8) is 0 Å². The van der Waals surface area contributed by atoms with Gasteiger partial charge in [-0.05, 0) is 98.2 Å². The summed E-state index contributed by atoms with van der Waals surface area (Å²) >= 11 is 1.54. The van der Waals surface area contributed by atoms with Gasteiger partial charge in [0.1, 0.15) is 12.3 Å². The van der Waals surface area contributed by atoms with Gasteiger partial charge in [-0.2, -0.15) is 0 Å². The zero-order valence-electron chi connectivity index (χ0n) is 22.5. The molecule has 37 heavy (non-hydrogen) atoms. The Morgan fingerprint density at radius 3 is 2.14 bits per heavy atom. The molecule has 0 aliphatic carbocycles. The summed E-state index contributed by atoms with van der Waals surface area (Å²) in [7, 11) is -2.32. The summed E-state index contributed by atoms with van der Waals surface area (Å²) in [6, 6.07) is 17.5. The molecule has 0 aliphatic heterocycles. The fourth-order valence-corrected chi connectivity index (χ4v) is 6.04. The van der Waals surface area contributed by atoms with Gasteiger partial charge >= 0.3 is 0 Å². The van der Waals surface area contributed by atoms with Gasteiger partial charge in [0.15, 0.2) is 0 Å².